The van der Waals surface area contributed by atoms with Crippen LogP contribution in [0.25, 0.3) is 17.1 Å². The Morgan fingerprint density at radius 2 is 1.97 bits per heavy atom. The van der Waals surface area contributed by atoms with Gasteiger partial charge in [0.25, 0.3) is 5.56 Å². The van der Waals surface area contributed by atoms with Crippen molar-refractivity contribution in [3.8, 4) is 17.1 Å². The molecule has 0 atom stereocenters. The van der Waals surface area contributed by atoms with Crippen molar-refractivity contribution in [1.82, 2.24) is 29.5 Å². The summed E-state index contributed by atoms with van der Waals surface area (Å²) in [6.07, 6.45) is 4.11. The molecule has 3 aliphatic heterocycles. The summed E-state index contributed by atoms with van der Waals surface area (Å²) in [5.74, 6) is 2.45. The predicted molar refractivity (Wildman–Crippen MR) is 118 cm³/mol. The topological polar surface area (TPSA) is 91.6 Å². The molecule has 31 heavy (non-hydrogen) atoms. The fraction of sp³-hybridized carbons (Fsp3) is 0.409. The maximum atomic E-state index is 13.3. The number of thioether (sulfide) groups is 1. The van der Waals surface area contributed by atoms with Crippen LogP contribution < -0.4 is 5.56 Å². The second-order valence-corrected chi connectivity index (χ2v) is 8.97. The van der Waals surface area contributed by atoms with Crippen LogP contribution in [0.3, 0.4) is 0 Å². The fourth-order valence-electron chi connectivity index (χ4n) is 3.89. The van der Waals surface area contributed by atoms with Gasteiger partial charge in [-0.05, 0) is 31.4 Å². The SMILES string of the molecule is CC(C)c1nnc(CSc2nc3nn(-c4ccccc4)c(=O)c-3c3n2CCCCC3)o1. The maximum absolute atomic E-state index is 13.3. The van der Waals surface area contributed by atoms with Gasteiger partial charge in [0.05, 0.1) is 11.4 Å². The Balaban J connectivity index is 1.57. The number of hydrogen-bond acceptors (Lipinski definition) is 7. The minimum absolute atomic E-state index is 0.102. The number of nitrogens with zero attached hydrogens (tertiary/aromatic N) is 6. The van der Waals surface area contributed by atoms with Gasteiger partial charge in [-0.1, -0.05) is 50.2 Å². The van der Waals surface area contributed by atoms with E-state index in [1.165, 1.54) is 4.68 Å². The molecular weight excluding hydrogens is 412 g/mol. The summed E-state index contributed by atoms with van der Waals surface area (Å²) in [5.41, 5.74) is 2.31. The highest BCUT2D eigenvalue weighted by molar-refractivity contribution is 7.98. The van der Waals surface area contributed by atoms with E-state index in [4.69, 9.17) is 9.40 Å². The fourth-order valence-corrected chi connectivity index (χ4v) is 4.77. The van der Waals surface area contributed by atoms with E-state index in [0.717, 1.165) is 48.8 Å². The van der Waals surface area contributed by atoms with Gasteiger partial charge in [-0.2, -0.15) is 4.68 Å². The van der Waals surface area contributed by atoms with Crippen LogP contribution in [-0.2, 0) is 18.7 Å². The first-order valence-electron chi connectivity index (χ1n) is 10.6. The Bertz CT molecular complexity index is 1230. The van der Waals surface area contributed by atoms with Gasteiger partial charge in [0.2, 0.25) is 11.8 Å². The van der Waals surface area contributed by atoms with Crippen molar-refractivity contribution in [2.24, 2.45) is 0 Å². The van der Waals surface area contributed by atoms with Crippen molar-refractivity contribution < 1.29 is 4.42 Å². The van der Waals surface area contributed by atoms with Crippen LogP contribution in [0.15, 0.2) is 44.7 Å². The van der Waals surface area contributed by atoms with E-state index < -0.39 is 0 Å². The Morgan fingerprint density at radius 1 is 1.13 bits per heavy atom. The molecule has 0 N–H and O–H groups in total. The minimum Gasteiger partial charge on any atom is -0.424 e. The van der Waals surface area contributed by atoms with Gasteiger partial charge >= 0.3 is 0 Å². The van der Waals surface area contributed by atoms with Crippen molar-refractivity contribution in [2.75, 3.05) is 0 Å². The Labute approximate surface area is 184 Å². The second kappa shape index (κ2) is 8.30. The molecule has 0 radical (unpaired) electrons. The molecular formula is C22H24N6O2S. The van der Waals surface area contributed by atoms with Crippen molar-refractivity contribution in [3.63, 3.8) is 0 Å². The van der Waals surface area contributed by atoms with Gasteiger partial charge in [-0.25, -0.2) is 4.98 Å². The molecule has 9 heteroatoms. The van der Waals surface area contributed by atoms with Crippen LogP contribution in [0.4, 0.5) is 0 Å². The quantitative estimate of drug-likeness (QED) is 0.344. The van der Waals surface area contributed by atoms with Crippen LogP contribution in [-0.4, -0.2) is 29.5 Å². The van der Waals surface area contributed by atoms with E-state index in [1.807, 2.05) is 44.2 Å². The van der Waals surface area contributed by atoms with E-state index >= 15 is 0 Å². The summed E-state index contributed by atoms with van der Waals surface area (Å²) in [6.45, 7) is 4.90. The third-order valence-corrected chi connectivity index (χ3v) is 6.43. The van der Waals surface area contributed by atoms with Crippen LogP contribution in [0.1, 0.15) is 56.5 Å². The average molecular weight is 437 g/mol. The largest absolute Gasteiger partial charge is 0.424 e. The van der Waals surface area contributed by atoms with Crippen molar-refractivity contribution >= 4 is 11.8 Å². The van der Waals surface area contributed by atoms with E-state index in [-0.39, 0.29) is 11.5 Å². The molecule has 0 aliphatic carbocycles. The molecule has 5 rings (SSSR count). The van der Waals surface area contributed by atoms with Crippen molar-refractivity contribution in [1.29, 1.82) is 0 Å². The molecule has 160 valence electrons. The first-order valence-corrected chi connectivity index (χ1v) is 11.6. The molecule has 4 heterocycles. The number of fused-ring (bicyclic) bond motifs is 3. The standard InChI is InChI=1S/C22H24N6O2S/c1-14(2)20-25-24-17(30-20)13-31-22-23-19-18(16-11-7-4-8-12-27(16)22)21(29)28(26-19)15-9-5-3-6-10-15/h3,5-6,9-10,14H,4,7-8,11-13H2,1-2H3. The third-order valence-electron chi connectivity index (χ3n) is 5.47. The van der Waals surface area contributed by atoms with Crippen LogP contribution in [0, 0.1) is 0 Å². The zero-order chi connectivity index (χ0) is 21.4. The minimum atomic E-state index is -0.102. The zero-order valence-electron chi connectivity index (χ0n) is 17.6. The number of rotatable bonds is 5. The van der Waals surface area contributed by atoms with Gasteiger partial charge in [0.1, 0.15) is 5.56 Å². The van der Waals surface area contributed by atoms with Gasteiger partial charge in [0, 0.05) is 18.2 Å². The Morgan fingerprint density at radius 3 is 2.74 bits per heavy atom. The number of benzene rings is 1. The summed E-state index contributed by atoms with van der Waals surface area (Å²) in [7, 11) is 0. The van der Waals surface area contributed by atoms with Crippen LogP contribution >= 0.6 is 11.8 Å². The molecule has 8 nitrogen and oxygen atoms in total. The molecule has 0 fully saturated rings. The highest BCUT2D eigenvalue weighted by Crippen LogP contribution is 2.31. The molecule has 0 spiro atoms. The Hall–Kier alpha value is -2.94. The number of aromatic nitrogens is 6. The average Bonchev–Trinajstić information content (AvgIpc) is 3.30. The van der Waals surface area contributed by atoms with Gasteiger partial charge in [0.15, 0.2) is 11.0 Å². The first kappa shape index (κ1) is 20.0. The molecule has 0 unspecified atom stereocenters. The lowest BCUT2D eigenvalue weighted by molar-refractivity contribution is 0.445. The number of para-hydroxylation sites is 1. The molecule has 1 aromatic carbocycles. The van der Waals surface area contributed by atoms with Gasteiger partial charge in [-0.15, -0.1) is 15.3 Å². The van der Waals surface area contributed by atoms with E-state index in [1.54, 1.807) is 11.8 Å². The number of hydrogen-bond donors (Lipinski definition) is 0. The molecule has 0 saturated heterocycles. The normalized spacial score (nSPS) is 14.2. The summed E-state index contributed by atoms with van der Waals surface area (Å²) in [6, 6.07) is 9.50. The van der Waals surface area contributed by atoms with Crippen molar-refractivity contribution in [2.45, 2.75) is 62.9 Å². The lowest BCUT2D eigenvalue weighted by atomic mass is 10.1. The molecule has 0 saturated carbocycles. The van der Waals surface area contributed by atoms with Crippen LogP contribution in [0.2, 0.25) is 0 Å². The second-order valence-electron chi connectivity index (χ2n) is 8.03. The molecule has 2 aromatic rings. The first-order chi connectivity index (χ1) is 15.1. The monoisotopic (exact) mass is 436 g/mol. The lowest BCUT2D eigenvalue weighted by Gasteiger charge is -2.17. The van der Waals surface area contributed by atoms with E-state index in [2.05, 4.69) is 19.9 Å². The predicted octanol–water partition coefficient (Wildman–Crippen LogP) is 4.06. The lowest BCUT2D eigenvalue weighted by Crippen LogP contribution is -2.19. The highest BCUT2D eigenvalue weighted by Gasteiger charge is 2.27. The Kier molecular flexibility index (Phi) is 5.35. The van der Waals surface area contributed by atoms with Gasteiger partial charge in [-0.3, -0.25) is 4.79 Å². The smallest absolute Gasteiger partial charge is 0.284 e. The molecule has 0 bridgehead atoms. The van der Waals surface area contributed by atoms with E-state index in [9.17, 15) is 4.79 Å². The summed E-state index contributed by atoms with van der Waals surface area (Å²) >= 11 is 1.55. The van der Waals surface area contributed by atoms with Crippen LogP contribution in [0.5, 0.6) is 0 Å². The highest BCUT2D eigenvalue weighted by atomic mass is 32.2. The molecule has 3 aliphatic rings. The zero-order valence-corrected chi connectivity index (χ0v) is 18.4. The molecule has 1 aromatic heterocycles. The summed E-state index contributed by atoms with van der Waals surface area (Å²) in [4.78, 5) is 18.1. The summed E-state index contributed by atoms with van der Waals surface area (Å²) < 4.78 is 9.41. The van der Waals surface area contributed by atoms with Gasteiger partial charge < -0.3 is 8.98 Å². The van der Waals surface area contributed by atoms with E-state index in [0.29, 0.717) is 28.9 Å². The molecule has 0 amide bonds. The van der Waals surface area contributed by atoms with Crippen molar-refractivity contribution in [3.05, 3.63) is 58.2 Å². The summed E-state index contributed by atoms with van der Waals surface area (Å²) in [5, 5.41) is 13.7. The maximum Gasteiger partial charge on any atom is 0.284 e. The third kappa shape index (κ3) is 3.78.